The van der Waals surface area contributed by atoms with Gasteiger partial charge in [0.15, 0.2) is 0 Å². The number of benzene rings is 3. The van der Waals surface area contributed by atoms with Crippen LogP contribution in [-0.4, -0.2) is 18.5 Å². The molecule has 0 amide bonds. The highest BCUT2D eigenvalue weighted by molar-refractivity contribution is 5.93. The first kappa shape index (κ1) is 22.8. The van der Waals surface area contributed by atoms with Crippen LogP contribution in [0.15, 0.2) is 82.2 Å². The van der Waals surface area contributed by atoms with Gasteiger partial charge in [-0.1, -0.05) is 25.1 Å². The Morgan fingerprint density at radius 2 is 1.65 bits per heavy atom. The van der Waals surface area contributed by atoms with Gasteiger partial charge in [0.1, 0.15) is 23.3 Å². The lowest BCUT2D eigenvalue weighted by atomic mass is 10.1. The van der Waals surface area contributed by atoms with Crippen LogP contribution in [0.2, 0.25) is 0 Å². The zero-order valence-corrected chi connectivity index (χ0v) is 18.7. The van der Waals surface area contributed by atoms with Gasteiger partial charge in [-0.05, 0) is 61.4 Å². The largest absolute Gasteiger partial charge is 0.462 e. The Balaban J connectivity index is 1.51. The van der Waals surface area contributed by atoms with E-state index in [1.165, 1.54) is 24.5 Å². The molecule has 0 fully saturated rings. The van der Waals surface area contributed by atoms with Gasteiger partial charge in [-0.25, -0.2) is 9.59 Å². The summed E-state index contributed by atoms with van der Waals surface area (Å²) in [7, 11) is 0. The van der Waals surface area contributed by atoms with Gasteiger partial charge in [-0.15, -0.1) is 0 Å². The van der Waals surface area contributed by atoms with E-state index in [1.54, 1.807) is 36.4 Å². The zero-order chi connectivity index (χ0) is 24.1. The van der Waals surface area contributed by atoms with Gasteiger partial charge in [0.25, 0.3) is 0 Å². The van der Waals surface area contributed by atoms with Crippen LogP contribution in [0, 0.1) is 6.92 Å². The summed E-state index contributed by atoms with van der Waals surface area (Å²) < 4.78 is 21.7. The molecule has 0 radical (unpaired) electrons. The van der Waals surface area contributed by atoms with E-state index >= 15 is 0 Å². The Morgan fingerprint density at radius 3 is 2.38 bits per heavy atom. The van der Waals surface area contributed by atoms with Crippen molar-refractivity contribution in [3.05, 3.63) is 99.9 Å². The van der Waals surface area contributed by atoms with Gasteiger partial charge in [0.2, 0.25) is 11.2 Å². The van der Waals surface area contributed by atoms with E-state index in [1.807, 2.05) is 26.0 Å². The second kappa shape index (κ2) is 10.0. The molecule has 4 rings (SSSR count). The van der Waals surface area contributed by atoms with Crippen molar-refractivity contribution in [2.24, 2.45) is 0 Å². The number of carbonyl (C=O) groups is 2. The van der Waals surface area contributed by atoms with Crippen molar-refractivity contribution in [1.29, 1.82) is 0 Å². The number of rotatable bonds is 7. The molecule has 34 heavy (non-hydrogen) atoms. The van der Waals surface area contributed by atoms with Gasteiger partial charge in [0, 0.05) is 6.07 Å². The molecule has 0 atom stereocenters. The number of aryl methyl sites for hydroxylation is 1. The Labute approximate surface area is 195 Å². The minimum absolute atomic E-state index is 0.0153. The number of esters is 2. The van der Waals surface area contributed by atoms with Crippen LogP contribution < -0.4 is 14.9 Å². The molecule has 7 nitrogen and oxygen atoms in total. The van der Waals surface area contributed by atoms with E-state index in [4.69, 9.17) is 18.6 Å². The minimum Gasteiger partial charge on any atom is -0.462 e. The topological polar surface area (TPSA) is 92.0 Å². The lowest BCUT2D eigenvalue weighted by Crippen LogP contribution is -2.10. The predicted molar refractivity (Wildman–Crippen MR) is 126 cm³/mol. The van der Waals surface area contributed by atoms with Crippen LogP contribution in [0.1, 0.15) is 39.6 Å². The molecule has 0 unspecified atom stereocenters. The second-order valence-corrected chi connectivity index (χ2v) is 7.55. The number of ether oxygens (including phenoxy) is 3. The molecule has 3 aromatic carbocycles. The summed E-state index contributed by atoms with van der Waals surface area (Å²) >= 11 is 0. The predicted octanol–water partition coefficient (Wildman–Crippen LogP) is 5.68. The van der Waals surface area contributed by atoms with E-state index < -0.39 is 11.9 Å². The molecule has 172 valence electrons. The van der Waals surface area contributed by atoms with E-state index in [0.717, 1.165) is 12.0 Å². The number of fused-ring (bicyclic) bond motifs is 1. The monoisotopic (exact) mass is 458 g/mol. The summed E-state index contributed by atoms with van der Waals surface area (Å²) in [4.78, 5) is 37.2. The number of hydrogen-bond acceptors (Lipinski definition) is 7. The average molecular weight is 458 g/mol. The molecular formula is C27H22O7. The highest BCUT2D eigenvalue weighted by atomic mass is 16.5. The first-order chi connectivity index (χ1) is 16.5. The molecule has 0 bridgehead atoms. The van der Waals surface area contributed by atoms with Crippen molar-refractivity contribution in [3.8, 4) is 17.2 Å². The standard InChI is InChI=1S/C27H22O7/c1-3-14-31-26(29)18-8-10-19(11-9-18)33-24-16-32-23-15-20(12-13-22(23)25(24)28)34-27(30)21-7-5-4-6-17(21)2/h4-13,15-16H,3,14H2,1-2H3. The van der Waals surface area contributed by atoms with Crippen molar-refractivity contribution < 1.29 is 28.2 Å². The number of hydrogen-bond donors (Lipinski definition) is 0. The van der Waals surface area contributed by atoms with Gasteiger partial charge >= 0.3 is 11.9 Å². The Kier molecular flexibility index (Phi) is 6.73. The summed E-state index contributed by atoms with van der Waals surface area (Å²) in [5.74, 6) is -0.316. The van der Waals surface area contributed by atoms with Gasteiger partial charge < -0.3 is 18.6 Å². The average Bonchev–Trinajstić information content (AvgIpc) is 2.85. The lowest BCUT2D eigenvalue weighted by Gasteiger charge is -2.09. The van der Waals surface area contributed by atoms with Crippen molar-refractivity contribution in [1.82, 2.24) is 0 Å². The minimum atomic E-state index is -0.498. The fourth-order valence-corrected chi connectivity index (χ4v) is 3.25. The maximum absolute atomic E-state index is 12.9. The maximum Gasteiger partial charge on any atom is 0.343 e. The first-order valence-electron chi connectivity index (χ1n) is 10.7. The van der Waals surface area contributed by atoms with Gasteiger partial charge in [-0.3, -0.25) is 4.79 Å². The molecule has 0 aliphatic rings. The number of carbonyl (C=O) groups excluding carboxylic acids is 2. The third-order valence-electron chi connectivity index (χ3n) is 5.05. The van der Waals surface area contributed by atoms with Gasteiger partial charge in [0.05, 0.1) is 23.1 Å². The lowest BCUT2D eigenvalue weighted by molar-refractivity contribution is 0.0504. The maximum atomic E-state index is 12.9. The normalized spacial score (nSPS) is 10.6. The quantitative estimate of drug-likeness (QED) is 0.260. The summed E-state index contributed by atoms with van der Waals surface area (Å²) in [6.45, 7) is 4.09. The molecule has 0 saturated carbocycles. The highest BCUT2D eigenvalue weighted by Gasteiger charge is 2.14. The molecule has 0 aliphatic heterocycles. The van der Waals surface area contributed by atoms with Gasteiger partial charge in [-0.2, -0.15) is 0 Å². The Hall–Kier alpha value is -4.39. The van der Waals surface area contributed by atoms with E-state index in [-0.39, 0.29) is 27.9 Å². The summed E-state index contributed by atoms with van der Waals surface area (Å²) in [5.41, 5.74) is 1.51. The third-order valence-corrected chi connectivity index (χ3v) is 5.05. The molecule has 4 aromatic rings. The first-order valence-corrected chi connectivity index (χ1v) is 10.7. The molecular weight excluding hydrogens is 436 g/mol. The molecule has 1 aromatic heterocycles. The van der Waals surface area contributed by atoms with Crippen LogP contribution in [0.25, 0.3) is 11.0 Å². The zero-order valence-electron chi connectivity index (χ0n) is 18.7. The van der Waals surface area contributed by atoms with Crippen LogP contribution in [0.5, 0.6) is 17.2 Å². The van der Waals surface area contributed by atoms with Crippen LogP contribution in [-0.2, 0) is 4.74 Å². The highest BCUT2D eigenvalue weighted by Crippen LogP contribution is 2.25. The third kappa shape index (κ3) is 4.99. The summed E-state index contributed by atoms with van der Waals surface area (Å²) in [5, 5.41) is 0.271. The van der Waals surface area contributed by atoms with E-state index in [2.05, 4.69) is 0 Å². The van der Waals surface area contributed by atoms with Crippen LogP contribution >= 0.6 is 0 Å². The summed E-state index contributed by atoms with van der Waals surface area (Å²) in [6.07, 6.45) is 1.93. The molecule has 1 heterocycles. The van der Waals surface area contributed by atoms with Crippen molar-refractivity contribution in [3.63, 3.8) is 0 Å². The van der Waals surface area contributed by atoms with Crippen LogP contribution in [0.4, 0.5) is 0 Å². The van der Waals surface area contributed by atoms with Crippen molar-refractivity contribution in [2.75, 3.05) is 6.61 Å². The second-order valence-electron chi connectivity index (χ2n) is 7.55. The molecule has 0 N–H and O–H groups in total. The van der Waals surface area contributed by atoms with Crippen molar-refractivity contribution in [2.45, 2.75) is 20.3 Å². The summed E-state index contributed by atoms with van der Waals surface area (Å²) in [6, 6.07) is 17.9. The molecule has 0 spiro atoms. The Morgan fingerprint density at radius 1 is 0.912 bits per heavy atom. The fourth-order valence-electron chi connectivity index (χ4n) is 3.25. The van der Waals surface area contributed by atoms with Crippen LogP contribution in [0.3, 0.4) is 0 Å². The van der Waals surface area contributed by atoms with E-state index in [9.17, 15) is 14.4 Å². The molecule has 0 aliphatic carbocycles. The van der Waals surface area contributed by atoms with Crippen molar-refractivity contribution >= 4 is 22.9 Å². The van der Waals surface area contributed by atoms with E-state index in [0.29, 0.717) is 23.5 Å². The smallest absolute Gasteiger partial charge is 0.343 e. The SMILES string of the molecule is CCCOC(=O)c1ccc(Oc2coc3cc(OC(=O)c4ccccc4C)ccc3c2=O)cc1. The fraction of sp³-hybridized carbons (Fsp3) is 0.148. The molecule has 0 saturated heterocycles. The Bertz CT molecular complexity index is 1400. The molecule has 7 heteroatoms.